The Labute approximate surface area is 235 Å². The zero-order valence-corrected chi connectivity index (χ0v) is 23.8. The third kappa shape index (κ3) is 9.53. The van der Waals surface area contributed by atoms with E-state index in [4.69, 9.17) is 9.47 Å². The van der Waals surface area contributed by atoms with Gasteiger partial charge in [-0.2, -0.15) is 8.78 Å². The Balaban J connectivity index is 2.20. The number of nitrogens with zero attached hydrogens (tertiary/aromatic N) is 3. The van der Waals surface area contributed by atoms with Crippen LogP contribution in [-0.4, -0.2) is 41.4 Å². The summed E-state index contributed by atoms with van der Waals surface area (Å²) >= 11 is 0.979. The summed E-state index contributed by atoms with van der Waals surface area (Å²) in [5, 5.41) is 10.8. The van der Waals surface area contributed by atoms with Crippen molar-refractivity contribution in [3.05, 3.63) is 94.5 Å². The number of pyridine rings is 1. The summed E-state index contributed by atoms with van der Waals surface area (Å²) in [6.45, 7) is 5.93. The Morgan fingerprint density at radius 2 is 1.93 bits per heavy atom. The number of carbonyl (C=O) groups excluding carboxylic acids is 1. The molecule has 0 aromatic carbocycles. The van der Waals surface area contributed by atoms with Gasteiger partial charge in [-0.25, -0.2) is 4.39 Å². The molecule has 0 fully saturated rings. The number of nitrogens with one attached hydrogen (secondary N) is 1. The van der Waals surface area contributed by atoms with Gasteiger partial charge in [0.1, 0.15) is 18.1 Å². The van der Waals surface area contributed by atoms with Crippen LogP contribution in [0.2, 0.25) is 0 Å². The molecule has 2 aromatic rings. The Kier molecular flexibility index (Phi) is 12.8. The molecule has 2 rings (SSSR count). The van der Waals surface area contributed by atoms with Gasteiger partial charge in [0.15, 0.2) is 0 Å². The topological polar surface area (TPSA) is 95.5 Å². The first kappa shape index (κ1) is 32.0. The van der Waals surface area contributed by atoms with Gasteiger partial charge < -0.3 is 14.2 Å². The number of hydrogen-bond donors (Lipinski definition) is 1. The Morgan fingerprint density at radius 3 is 2.52 bits per heavy atom. The van der Waals surface area contributed by atoms with Crippen molar-refractivity contribution in [2.45, 2.75) is 41.2 Å². The maximum Gasteiger partial charge on any atom is 0.387 e. The molecule has 214 valence electrons. The maximum absolute atomic E-state index is 14.0. The molecule has 2 aromatic heterocycles. The van der Waals surface area contributed by atoms with Gasteiger partial charge in [-0.15, -0.1) is 5.10 Å². The highest BCUT2D eigenvalue weighted by Gasteiger charge is 2.20. The van der Waals surface area contributed by atoms with E-state index in [1.54, 1.807) is 51.1 Å². The van der Waals surface area contributed by atoms with Gasteiger partial charge in [0, 0.05) is 17.5 Å². The van der Waals surface area contributed by atoms with E-state index in [2.05, 4.69) is 25.2 Å². The Bertz CT molecular complexity index is 1360. The zero-order valence-electron chi connectivity index (χ0n) is 23.0. The van der Waals surface area contributed by atoms with E-state index in [-0.39, 0.29) is 45.2 Å². The Hall–Kier alpha value is -4.19. The molecule has 0 unspecified atom stereocenters. The first-order valence-corrected chi connectivity index (χ1v) is 12.8. The minimum Gasteiger partial charge on any atom is -0.496 e. The van der Waals surface area contributed by atoms with Crippen molar-refractivity contribution in [1.29, 1.82) is 0 Å². The summed E-state index contributed by atoms with van der Waals surface area (Å²) in [7, 11) is 1.41. The van der Waals surface area contributed by atoms with Crippen LogP contribution in [0.5, 0.6) is 5.19 Å². The zero-order chi connectivity index (χ0) is 29.7. The lowest BCUT2D eigenvalue weighted by atomic mass is 9.99. The molecule has 0 saturated heterocycles. The summed E-state index contributed by atoms with van der Waals surface area (Å²) in [5.41, 5.74) is 2.61. The molecule has 0 atom stereocenters. The van der Waals surface area contributed by atoms with E-state index in [0.29, 0.717) is 17.6 Å². The van der Waals surface area contributed by atoms with Crippen molar-refractivity contribution in [2.75, 3.05) is 19.0 Å². The molecule has 0 bridgehead atoms. The average Bonchev–Trinajstić information content (AvgIpc) is 3.36. The lowest BCUT2D eigenvalue weighted by molar-refractivity contribution is -0.0921. The molecular weight excluding hydrogens is 545 g/mol. The summed E-state index contributed by atoms with van der Waals surface area (Å²) < 4.78 is 54.5. The van der Waals surface area contributed by atoms with E-state index < -0.39 is 12.5 Å². The number of ether oxygens (including phenoxy) is 3. The molecular formula is C28H31F3N4O4S. The number of hydrogen-bond acceptors (Lipinski definition) is 8. The highest BCUT2D eigenvalue weighted by molar-refractivity contribution is 7.17. The van der Waals surface area contributed by atoms with Crippen LogP contribution in [0.4, 0.5) is 18.3 Å². The van der Waals surface area contributed by atoms with Gasteiger partial charge in [-0.3, -0.25) is 15.1 Å². The number of aromatic nitrogens is 3. The molecule has 0 aliphatic rings. The smallest absolute Gasteiger partial charge is 0.387 e. The van der Waals surface area contributed by atoms with Crippen molar-refractivity contribution in [2.24, 2.45) is 0 Å². The number of methoxy groups -OCH3 is 1. The van der Waals surface area contributed by atoms with Gasteiger partial charge in [-0.05, 0) is 75.8 Å². The largest absolute Gasteiger partial charge is 0.496 e. The average molecular weight is 577 g/mol. The fourth-order valence-corrected chi connectivity index (χ4v) is 3.72. The second-order valence-electron chi connectivity index (χ2n) is 8.20. The third-order valence-electron chi connectivity index (χ3n) is 5.19. The molecule has 0 spiro atoms. The lowest BCUT2D eigenvalue weighted by Gasteiger charge is -2.14. The summed E-state index contributed by atoms with van der Waals surface area (Å²) in [6, 6.07) is 1.58. The highest BCUT2D eigenvalue weighted by atomic mass is 32.1. The van der Waals surface area contributed by atoms with Crippen LogP contribution >= 0.6 is 11.3 Å². The Morgan fingerprint density at radius 1 is 1.18 bits per heavy atom. The number of anilines is 1. The fraction of sp³-hybridized carbons (Fsp3) is 0.286. The fourth-order valence-electron chi connectivity index (χ4n) is 3.13. The first-order valence-electron chi connectivity index (χ1n) is 12.0. The van der Waals surface area contributed by atoms with E-state index >= 15 is 0 Å². The monoisotopic (exact) mass is 576 g/mol. The van der Waals surface area contributed by atoms with E-state index in [0.717, 1.165) is 16.9 Å². The number of allylic oxidation sites excluding steroid dienone is 7. The van der Waals surface area contributed by atoms with Crippen LogP contribution in [0.3, 0.4) is 0 Å². The third-order valence-corrected chi connectivity index (χ3v) is 5.94. The van der Waals surface area contributed by atoms with E-state index in [1.807, 2.05) is 13.8 Å². The van der Waals surface area contributed by atoms with Crippen LogP contribution < -0.4 is 10.1 Å². The SMILES string of the molecule is C/C=C\C=C(\OC)C(=CF)c1cc(C)ncc1C(=O)Nc1nnc(OCC(/C=C\C(=C/C)OC(F)F)=C(C)C)s1. The van der Waals surface area contributed by atoms with E-state index in [1.165, 1.54) is 25.5 Å². The number of alkyl halides is 2. The van der Waals surface area contributed by atoms with Crippen molar-refractivity contribution >= 4 is 27.9 Å². The van der Waals surface area contributed by atoms with Crippen molar-refractivity contribution in [1.82, 2.24) is 15.2 Å². The van der Waals surface area contributed by atoms with Gasteiger partial charge in [0.2, 0.25) is 5.13 Å². The number of aryl methyl sites for hydroxylation is 1. The summed E-state index contributed by atoms with van der Waals surface area (Å²) in [4.78, 5) is 17.3. The van der Waals surface area contributed by atoms with Crippen molar-refractivity contribution in [3.8, 4) is 5.19 Å². The molecule has 0 saturated carbocycles. The predicted octanol–water partition coefficient (Wildman–Crippen LogP) is 7.33. The molecule has 40 heavy (non-hydrogen) atoms. The molecule has 12 heteroatoms. The minimum absolute atomic E-state index is 0.0142. The van der Waals surface area contributed by atoms with Gasteiger partial charge in [0.05, 0.1) is 24.6 Å². The second kappa shape index (κ2) is 16.0. The summed E-state index contributed by atoms with van der Waals surface area (Å²) in [6.07, 6.45) is 11.2. The van der Waals surface area contributed by atoms with E-state index in [9.17, 15) is 18.0 Å². The van der Waals surface area contributed by atoms with Crippen molar-refractivity contribution < 1.29 is 32.2 Å². The number of rotatable bonds is 13. The lowest BCUT2D eigenvalue weighted by Crippen LogP contribution is -2.15. The van der Waals surface area contributed by atoms with Gasteiger partial charge in [-0.1, -0.05) is 28.9 Å². The molecule has 8 nitrogen and oxygen atoms in total. The minimum atomic E-state index is -2.93. The normalized spacial score (nSPS) is 12.8. The number of halogens is 3. The molecule has 0 radical (unpaired) electrons. The van der Waals surface area contributed by atoms with Crippen LogP contribution in [0.1, 0.15) is 49.3 Å². The molecule has 2 heterocycles. The number of carbonyl (C=O) groups is 1. The van der Waals surface area contributed by atoms with Gasteiger partial charge in [0.25, 0.3) is 11.1 Å². The van der Waals surface area contributed by atoms with Crippen LogP contribution in [0, 0.1) is 6.92 Å². The first-order chi connectivity index (χ1) is 19.1. The molecule has 0 aliphatic heterocycles. The van der Waals surface area contributed by atoms with Crippen LogP contribution in [0.25, 0.3) is 5.57 Å². The molecule has 0 aliphatic carbocycles. The predicted molar refractivity (Wildman–Crippen MR) is 150 cm³/mol. The quantitative estimate of drug-likeness (QED) is 0.197. The highest BCUT2D eigenvalue weighted by Crippen LogP contribution is 2.29. The van der Waals surface area contributed by atoms with Crippen LogP contribution in [0.15, 0.2) is 77.7 Å². The molecule has 1 N–H and O–H groups in total. The summed E-state index contributed by atoms with van der Waals surface area (Å²) in [5.74, 6) is -0.351. The van der Waals surface area contributed by atoms with Gasteiger partial charge >= 0.3 is 6.61 Å². The second-order valence-corrected chi connectivity index (χ2v) is 9.14. The standard InChI is InChI=1S/C28H31F3N4O4S/c1-7-9-10-24(37-6)22(14-29)21-13-18(5)32-15-23(21)25(36)33-27-34-35-28(40-27)38-16-19(17(3)4)11-12-20(8-2)39-26(30)31/h7-15,26H,16H2,1-6H3,(H,33,34,36)/b9-7-,12-11-,20-8+,22-14?,24-10+. The van der Waals surface area contributed by atoms with Crippen molar-refractivity contribution in [3.63, 3.8) is 0 Å². The number of amides is 1. The maximum atomic E-state index is 14.0. The van der Waals surface area contributed by atoms with Crippen LogP contribution in [-0.2, 0) is 9.47 Å². The molecule has 1 amide bonds.